The second-order valence-electron chi connectivity index (χ2n) is 5.85. The van der Waals surface area contributed by atoms with Crippen molar-refractivity contribution < 1.29 is 13.3 Å². The second-order valence-corrected chi connectivity index (χ2v) is 7.38. The molecule has 0 bridgehead atoms. The molecular formula is C13H19N3O4S. The Labute approximate surface area is 123 Å². The van der Waals surface area contributed by atoms with Gasteiger partial charge in [-0.1, -0.05) is 13.8 Å². The highest BCUT2D eigenvalue weighted by molar-refractivity contribution is 7.89. The monoisotopic (exact) mass is 313 g/mol. The van der Waals surface area contributed by atoms with Crippen molar-refractivity contribution in [2.75, 3.05) is 11.9 Å². The summed E-state index contributed by atoms with van der Waals surface area (Å²) < 4.78 is 23.2. The molecule has 0 atom stereocenters. The van der Waals surface area contributed by atoms with E-state index in [-0.39, 0.29) is 21.7 Å². The quantitative estimate of drug-likeness (QED) is 0.616. The van der Waals surface area contributed by atoms with Gasteiger partial charge < -0.3 is 5.32 Å². The van der Waals surface area contributed by atoms with Gasteiger partial charge in [0.15, 0.2) is 0 Å². The number of hydrogen-bond donors (Lipinski definition) is 2. The Morgan fingerprint density at radius 1 is 1.43 bits per heavy atom. The molecule has 3 N–H and O–H groups in total. The number of non-ortho nitro benzene ring substituents is 1. The molecule has 1 aromatic rings. The van der Waals surface area contributed by atoms with Crippen LogP contribution >= 0.6 is 0 Å². The minimum absolute atomic E-state index is 0.118. The summed E-state index contributed by atoms with van der Waals surface area (Å²) in [5, 5.41) is 19.0. The van der Waals surface area contributed by atoms with Crippen molar-refractivity contribution in [3.63, 3.8) is 0 Å². The van der Waals surface area contributed by atoms with Gasteiger partial charge in [0.2, 0.25) is 10.0 Å². The van der Waals surface area contributed by atoms with Crippen LogP contribution in [-0.4, -0.2) is 19.9 Å². The molecule has 1 aliphatic carbocycles. The summed E-state index contributed by atoms with van der Waals surface area (Å²) in [6, 6.07) is 3.53. The van der Waals surface area contributed by atoms with E-state index in [4.69, 9.17) is 5.14 Å². The summed E-state index contributed by atoms with van der Waals surface area (Å²) in [5.74, 6) is 0.460. The molecule has 21 heavy (non-hydrogen) atoms. The average molecular weight is 313 g/mol. The molecule has 2 rings (SSSR count). The topological polar surface area (TPSA) is 115 Å². The average Bonchev–Trinajstić information content (AvgIpc) is 3.16. The van der Waals surface area contributed by atoms with Crippen LogP contribution in [0, 0.1) is 21.4 Å². The Balaban J connectivity index is 2.31. The molecule has 0 amide bonds. The van der Waals surface area contributed by atoms with Crippen LogP contribution in [0.1, 0.15) is 26.7 Å². The van der Waals surface area contributed by atoms with Gasteiger partial charge in [0.25, 0.3) is 5.69 Å². The van der Waals surface area contributed by atoms with Crippen LogP contribution in [-0.2, 0) is 10.0 Å². The number of nitrogens with one attached hydrogen (secondary N) is 1. The summed E-state index contributed by atoms with van der Waals surface area (Å²) in [6.07, 6.45) is 2.13. The number of sulfonamides is 1. The minimum Gasteiger partial charge on any atom is -0.383 e. The molecule has 0 spiro atoms. The number of primary sulfonamides is 1. The fraction of sp³-hybridized carbons (Fsp3) is 0.538. The Hall–Kier alpha value is -1.67. The molecule has 8 heteroatoms. The maximum Gasteiger partial charge on any atom is 0.271 e. The maximum absolute atomic E-state index is 11.6. The fourth-order valence-corrected chi connectivity index (χ4v) is 3.10. The Bertz CT molecular complexity index is 666. The number of nitrogens with zero attached hydrogens (tertiary/aromatic N) is 1. The predicted molar refractivity (Wildman–Crippen MR) is 79.5 cm³/mol. The lowest BCUT2D eigenvalue weighted by molar-refractivity contribution is -0.384. The number of hydrogen-bond acceptors (Lipinski definition) is 5. The van der Waals surface area contributed by atoms with Crippen LogP contribution in [0.3, 0.4) is 0 Å². The standard InChI is InChI=1S/C13H19N3O4S/c1-9(2)13(5-6-13)8-15-11-7-10(16(17)18)3-4-12(11)21(14,19)20/h3-4,7,9,15H,5-6,8H2,1-2H3,(H2,14,19,20). The van der Waals surface area contributed by atoms with Crippen LogP contribution in [0.2, 0.25) is 0 Å². The van der Waals surface area contributed by atoms with E-state index >= 15 is 0 Å². The summed E-state index contributed by atoms with van der Waals surface area (Å²) in [6.45, 7) is 4.81. The van der Waals surface area contributed by atoms with Crippen LogP contribution in [0.4, 0.5) is 11.4 Å². The third-order valence-corrected chi connectivity index (χ3v) is 5.20. The first kappa shape index (κ1) is 15.7. The smallest absolute Gasteiger partial charge is 0.271 e. The van der Waals surface area contributed by atoms with Gasteiger partial charge in [0.1, 0.15) is 4.90 Å². The number of benzene rings is 1. The molecule has 1 fully saturated rings. The van der Waals surface area contributed by atoms with Crippen molar-refractivity contribution in [2.45, 2.75) is 31.6 Å². The lowest BCUT2D eigenvalue weighted by atomic mass is 9.92. The summed E-state index contributed by atoms with van der Waals surface area (Å²) in [7, 11) is -3.93. The van der Waals surface area contributed by atoms with Gasteiger partial charge in [0.05, 0.1) is 10.6 Å². The van der Waals surface area contributed by atoms with E-state index in [0.29, 0.717) is 12.5 Å². The summed E-state index contributed by atoms with van der Waals surface area (Å²) in [4.78, 5) is 10.2. The van der Waals surface area contributed by atoms with E-state index in [1.165, 1.54) is 12.1 Å². The minimum atomic E-state index is -3.93. The number of anilines is 1. The van der Waals surface area contributed by atoms with Crippen LogP contribution < -0.4 is 10.5 Å². The van der Waals surface area contributed by atoms with Crippen molar-refractivity contribution in [3.8, 4) is 0 Å². The number of nitro groups is 1. The first-order valence-corrected chi connectivity index (χ1v) is 8.25. The highest BCUT2D eigenvalue weighted by Gasteiger charge is 2.45. The number of rotatable bonds is 6. The molecule has 116 valence electrons. The van der Waals surface area contributed by atoms with Crippen LogP contribution in [0.25, 0.3) is 0 Å². The summed E-state index contributed by atoms with van der Waals surface area (Å²) >= 11 is 0. The number of nitro benzene ring substituents is 1. The lowest BCUT2D eigenvalue weighted by Gasteiger charge is -2.21. The van der Waals surface area contributed by atoms with Gasteiger partial charge in [-0.05, 0) is 30.2 Å². The SMILES string of the molecule is CC(C)C1(CNc2cc([N+](=O)[O-])ccc2S(N)(=O)=O)CC1. The third kappa shape index (κ3) is 3.33. The van der Waals surface area contributed by atoms with Gasteiger partial charge in [-0.15, -0.1) is 0 Å². The van der Waals surface area contributed by atoms with E-state index in [0.717, 1.165) is 18.9 Å². The van der Waals surface area contributed by atoms with Crippen LogP contribution in [0.5, 0.6) is 0 Å². The van der Waals surface area contributed by atoms with Crippen molar-refractivity contribution in [1.29, 1.82) is 0 Å². The molecule has 0 aliphatic heterocycles. The molecule has 1 aliphatic rings. The van der Waals surface area contributed by atoms with Gasteiger partial charge >= 0.3 is 0 Å². The van der Waals surface area contributed by atoms with Gasteiger partial charge in [-0.25, -0.2) is 13.6 Å². The molecule has 0 saturated heterocycles. The zero-order valence-electron chi connectivity index (χ0n) is 12.0. The van der Waals surface area contributed by atoms with E-state index in [1.807, 2.05) is 0 Å². The largest absolute Gasteiger partial charge is 0.383 e. The van der Waals surface area contributed by atoms with E-state index in [1.54, 1.807) is 0 Å². The van der Waals surface area contributed by atoms with Crippen molar-refractivity contribution in [3.05, 3.63) is 28.3 Å². The molecule has 7 nitrogen and oxygen atoms in total. The molecule has 0 aromatic heterocycles. The fourth-order valence-electron chi connectivity index (χ4n) is 2.41. The Morgan fingerprint density at radius 3 is 2.48 bits per heavy atom. The van der Waals surface area contributed by atoms with Crippen molar-refractivity contribution in [1.82, 2.24) is 0 Å². The van der Waals surface area contributed by atoms with E-state index in [2.05, 4.69) is 19.2 Å². The molecule has 1 aromatic carbocycles. The number of nitrogens with two attached hydrogens (primary N) is 1. The molecule has 0 unspecified atom stereocenters. The normalized spacial score (nSPS) is 16.8. The first-order valence-electron chi connectivity index (χ1n) is 6.71. The third-order valence-electron chi connectivity index (χ3n) is 4.23. The maximum atomic E-state index is 11.6. The van der Waals surface area contributed by atoms with Gasteiger partial charge in [-0.2, -0.15) is 0 Å². The van der Waals surface area contributed by atoms with E-state index < -0.39 is 14.9 Å². The highest BCUT2D eigenvalue weighted by Crippen LogP contribution is 2.51. The molecule has 0 radical (unpaired) electrons. The highest BCUT2D eigenvalue weighted by atomic mass is 32.2. The van der Waals surface area contributed by atoms with E-state index in [9.17, 15) is 18.5 Å². The molecule has 1 saturated carbocycles. The molecule has 0 heterocycles. The lowest BCUT2D eigenvalue weighted by Crippen LogP contribution is -2.23. The van der Waals surface area contributed by atoms with Gasteiger partial charge in [0, 0.05) is 18.7 Å². The summed E-state index contributed by atoms with van der Waals surface area (Å²) in [5.41, 5.74) is 0.165. The Morgan fingerprint density at radius 2 is 2.05 bits per heavy atom. The first-order chi connectivity index (χ1) is 9.66. The second kappa shape index (κ2) is 5.27. The Kier molecular flexibility index (Phi) is 3.94. The zero-order chi connectivity index (χ0) is 15.8. The van der Waals surface area contributed by atoms with Crippen molar-refractivity contribution >= 4 is 21.4 Å². The van der Waals surface area contributed by atoms with Crippen molar-refractivity contribution in [2.24, 2.45) is 16.5 Å². The predicted octanol–water partition coefficient (Wildman–Crippen LogP) is 2.09. The zero-order valence-corrected chi connectivity index (χ0v) is 12.8. The van der Waals surface area contributed by atoms with Crippen LogP contribution in [0.15, 0.2) is 23.1 Å². The molecular weight excluding hydrogens is 294 g/mol. The van der Waals surface area contributed by atoms with Gasteiger partial charge in [-0.3, -0.25) is 10.1 Å².